The van der Waals surface area contributed by atoms with E-state index in [1.54, 1.807) is 0 Å². The largest absolute Gasteiger partial charge is 0.394 e. The molecule has 1 amide bonds. The highest BCUT2D eigenvalue weighted by Gasteiger charge is 2.54. The molecule has 17 nitrogen and oxygen atoms in total. The zero-order valence-electron chi connectivity index (χ0n) is 21.2. The van der Waals surface area contributed by atoms with E-state index in [4.69, 9.17) is 41.9 Å². The van der Waals surface area contributed by atoms with Crippen LogP contribution in [0.5, 0.6) is 0 Å². The predicted molar refractivity (Wildman–Crippen MR) is 128 cm³/mol. The third-order valence-corrected chi connectivity index (χ3v) is 8.02. The molecule has 14 unspecified atom stereocenters. The Morgan fingerprint density at radius 3 is 2.08 bits per heavy atom. The van der Waals surface area contributed by atoms with E-state index < -0.39 is 104 Å². The van der Waals surface area contributed by atoms with Crippen molar-refractivity contribution >= 4 is 5.91 Å². The van der Waals surface area contributed by atoms with Crippen LogP contribution in [-0.4, -0.2) is 152 Å². The van der Waals surface area contributed by atoms with E-state index in [0.717, 1.165) is 0 Å². The molecule has 0 aromatic heterocycles. The Bertz CT molecular complexity index is 852. The highest BCUT2D eigenvalue weighted by Crippen LogP contribution is 2.34. The lowest BCUT2D eigenvalue weighted by Gasteiger charge is -2.45. The molecular formula is C22H41N5O12. The summed E-state index contributed by atoms with van der Waals surface area (Å²) in [5.41, 5.74) is 21.5. The van der Waals surface area contributed by atoms with Crippen molar-refractivity contribution in [2.75, 3.05) is 13.2 Å². The van der Waals surface area contributed by atoms with Crippen LogP contribution < -0.4 is 28.3 Å². The molecular weight excluding hydrogens is 526 g/mol. The molecule has 2 heterocycles. The molecule has 4 aliphatic rings. The average molecular weight is 568 g/mol. The molecule has 0 radical (unpaired) electrons. The predicted octanol–water partition coefficient (Wildman–Crippen LogP) is -7.64. The van der Waals surface area contributed by atoms with Gasteiger partial charge in [-0.05, 0) is 6.42 Å². The van der Waals surface area contributed by atoms with Gasteiger partial charge in [0, 0.05) is 31.5 Å². The highest BCUT2D eigenvalue weighted by molar-refractivity contribution is 5.86. The first-order valence-corrected chi connectivity index (χ1v) is 12.9. The van der Waals surface area contributed by atoms with E-state index in [0.29, 0.717) is 0 Å². The number of hydrogen-bond acceptors (Lipinski definition) is 16. The number of nitrogens with one attached hydrogen (secondary N) is 1. The number of ether oxygens (including phenoxy) is 4. The van der Waals surface area contributed by atoms with Gasteiger partial charge in [0.2, 0.25) is 0 Å². The third kappa shape index (κ3) is 5.94. The Morgan fingerprint density at radius 2 is 1.49 bits per heavy atom. The van der Waals surface area contributed by atoms with Gasteiger partial charge in [-0.25, -0.2) is 0 Å². The van der Waals surface area contributed by atoms with Gasteiger partial charge in [0.25, 0.3) is 5.91 Å². The fourth-order valence-corrected chi connectivity index (χ4v) is 5.56. The number of carbonyl (C=O) groups is 1. The van der Waals surface area contributed by atoms with Crippen molar-refractivity contribution in [3.8, 4) is 0 Å². The second kappa shape index (κ2) is 12.0. The SMILES string of the molecule is NCC1OC(OC2C(CO)OC(OC3C(O)C(N)CC(NC(=O)C4(O)CC(N)C4)C3O)C2O)C(N)C(O)C1O. The molecule has 2 aliphatic heterocycles. The van der Waals surface area contributed by atoms with Gasteiger partial charge in [0.05, 0.1) is 24.8 Å². The van der Waals surface area contributed by atoms with Crippen molar-refractivity contribution in [2.45, 2.75) is 117 Å². The summed E-state index contributed by atoms with van der Waals surface area (Å²) in [6, 6.07) is -3.54. The fraction of sp³-hybridized carbons (Fsp3) is 0.955. The second-order valence-corrected chi connectivity index (χ2v) is 10.9. The van der Waals surface area contributed by atoms with E-state index in [9.17, 15) is 40.5 Å². The molecule has 0 bridgehead atoms. The quantitative estimate of drug-likeness (QED) is 0.129. The standard InChI is InChI=1S/C22H41N5O12/c23-4-9-14(31)15(32)11(26)19(36-9)38-17-10(5-28)37-20(16(17)33)39-18-12(29)7(25)1-8(13(18)30)27-21(34)22(35)2-6(24)3-22/h6-20,28-33,35H,1-5,23-26H2,(H,27,34). The van der Waals surface area contributed by atoms with Crippen molar-refractivity contribution in [1.82, 2.24) is 5.32 Å². The fourth-order valence-electron chi connectivity index (χ4n) is 5.56. The molecule has 14 atom stereocenters. The van der Waals surface area contributed by atoms with Crippen LogP contribution in [0.1, 0.15) is 19.3 Å². The Labute approximate surface area is 223 Å². The van der Waals surface area contributed by atoms with E-state index in [2.05, 4.69) is 5.32 Å². The number of aliphatic hydroxyl groups excluding tert-OH is 6. The van der Waals surface area contributed by atoms with Gasteiger partial charge in [-0.2, -0.15) is 0 Å². The smallest absolute Gasteiger partial charge is 0.252 e. The van der Waals surface area contributed by atoms with E-state index in [1.165, 1.54) is 0 Å². The molecule has 4 rings (SSSR count). The lowest BCUT2D eigenvalue weighted by molar-refractivity contribution is -0.280. The molecule has 0 aromatic carbocycles. The summed E-state index contributed by atoms with van der Waals surface area (Å²) in [7, 11) is 0. The van der Waals surface area contributed by atoms with Crippen LogP contribution >= 0.6 is 0 Å². The summed E-state index contributed by atoms with van der Waals surface area (Å²) in [6.07, 6.45) is -15.2. The first-order valence-electron chi connectivity index (χ1n) is 12.9. The van der Waals surface area contributed by atoms with Crippen molar-refractivity contribution in [1.29, 1.82) is 0 Å². The van der Waals surface area contributed by atoms with E-state index >= 15 is 0 Å². The van der Waals surface area contributed by atoms with Crippen molar-refractivity contribution < 1.29 is 59.5 Å². The average Bonchev–Trinajstić information content (AvgIpc) is 3.18. The zero-order chi connectivity index (χ0) is 28.8. The maximum Gasteiger partial charge on any atom is 0.252 e. The number of carbonyl (C=O) groups excluding carboxylic acids is 1. The topological polar surface area (TPSA) is 312 Å². The molecule has 4 fully saturated rings. The van der Waals surface area contributed by atoms with Gasteiger partial charge in [-0.3, -0.25) is 4.79 Å². The molecule has 226 valence electrons. The molecule has 2 aliphatic carbocycles. The first-order chi connectivity index (χ1) is 18.3. The molecule has 2 saturated heterocycles. The maximum absolute atomic E-state index is 12.6. The van der Waals surface area contributed by atoms with Crippen LogP contribution in [0.2, 0.25) is 0 Å². The summed E-state index contributed by atoms with van der Waals surface area (Å²) in [5.74, 6) is -0.742. The summed E-state index contributed by atoms with van der Waals surface area (Å²) >= 11 is 0. The summed E-state index contributed by atoms with van der Waals surface area (Å²) in [4.78, 5) is 12.6. The molecule has 16 N–H and O–H groups in total. The van der Waals surface area contributed by atoms with Crippen LogP contribution in [0, 0.1) is 0 Å². The van der Waals surface area contributed by atoms with Crippen molar-refractivity contribution in [3.63, 3.8) is 0 Å². The monoisotopic (exact) mass is 567 g/mol. The lowest BCUT2D eigenvalue weighted by Crippen LogP contribution is -2.68. The molecule has 2 saturated carbocycles. The van der Waals surface area contributed by atoms with Crippen LogP contribution in [0.15, 0.2) is 0 Å². The van der Waals surface area contributed by atoms with Crippen LogP contribution in [-0.2, 0) is 23.7 Å². The molecule has 0 aromatic rings. The lowest BCUT2D eigenvalue weighted by atomic mass is 9.75. The van der Waals surface area contributed by atoms with Crippen molar-refractivity contribution in [3.05, 3.63) is 0 Å². The van der Waals surface area contributed by atoms with Gasteiger partial charge >= 0.3 is 0 Å². The summed E-state index contributed by atoms with van der Waals surface area (Å²) in [6.45, 7) is -0.812. The van der Waals surface area contributed by atoms with Crippen LogP contribution in [0.3, 0.4) is 0 Å². The number of aliphatic hydroxyl groups is 7. The van der Waals surface area contributed by atoms with Gasteiger partial charge in [0.1, 0.15) is 54.4 Å². The Morgan fingerprint density at radius 1 is 0.872 bits per heavy atom. The van der Waals surface area contributed by atoms with Crippen molar-refractivity contribution in [2.24, 2.45) is 22.9 Å². The normalized spacial score (nSPS) is 52.3. The first kappa shape index (κ1) is 30.8. The minimum Gasteiger partial charge on any atom is -0.394 e. The van der Waals surface area contributed by atoms with Crippen LogP contribution in [0.4, 0.5) is 0 Å². The number of hydrogen-bond donors (Lipinski definition) is 12. The van der Waals surface area contributed by atoms with Gasteiger partial charge in [0.15, 0.2) is 12.6 Å². The van der Waals surface area contributed by atoms with Gasteiger partial charge < -0.3 is 82.9 Å². The Kier molecular flexibility index (Phi) is 9.48. The second-order valence-electron chi connectivity index (χ2n) is 10.9. The van der Waals surface area contributed by atoms with Gasteiger partial charge in [-0.15, -0.1) is 0 Å². The molecule has 39 heavy (non-hydrogen) atoms. The number of nitrogens with two attached hydrogens (primary N) is 4. The minimum absolute atomic E-state index is 0.0391. The Balaban J connectivity index is 1.42. The van der Waals surface area contributed by atoms with E-state index in [1.807, 2.05) is 0 Å². The Hall–Kier alpha value is -1.13. The number of rotatable bonds is 8. The van der Waals surface area contributed by atoms with Gasteiger partial charge in [-0.1, -0.05) is 0 Å². The van der Waals surface area contributed by atoms with Crippen LogP contribution in [0.25, 0.3) is 0 Å². The summed E-state index contributed by atoms with van der Waals surface area (Å²) < 4.78 is 22.5. The molecule has 0 spiro atoms. The zero-order valence-corrected chi connectivity index (χ0v) is 21.2. The van der Waals surface area contributed by atoms with E-state index in [-0.39, 0.29) is 31.8 Å². The molecule has 17 heteroatoms. The highest BCUT2D eigenvalue weighted by atomic mass is 16.7. The maximum atomic E-state index is 12.6. The summed E-state index contributed by atoms with van der Waals surface area (Å²) in [5, 5.41) is 75.5. The number of amides is 1. The minimum atomic E-state index is -1.67. The third-order valence-electron chi connectivity index (χ3n) is 8.02.